The van der Waals surface area contributed by atoms with Crippen molar-refractivity contribution in [2.45, 2.75) is 25.0 Å². The molecule has 0 bridgehead atoms. The molecule has 0 saturated heterocycles. The van der Waals surface area contributed by atoms with Crippen molar-refractivity contribution >= 4 is 0 Å². The summed E-state index contributed by atoms with van der Waals surface area (Å²) < 4.78 is 5.73. The van der Waals surface area contributed by atoms with Gasteiger partial charge in [0.1, 0.15) is 17.9 Å². The van der Waals surface area contributed by atoms with Crippen molar-refractivity contribution in [1.82, 2.24) is 5.32 Å². The number of nitriles is 1. The normalized spacial score (nSPS) is 17.8. The molecule has 2 rings (SSSR count). The highest BCUT2D eigenvalue weighted by Gasteiger charge is 2.45. The molecule has 4 nitrogen and oxygen atoms in total. The second-order valence-corrected chi connectivity index (χ2v) is 4.66. The molecule has 1 aromatic carbocycles. The van der Waals surface area contributed by atoms with Gasteiger partial charge in [-0.25, -0.2) is 0 Å². The third kappa shape index (κ3) is 2.47. The molecule has 1 fully saturated rings. The van der Waals surface area contributed by atoms with Crippen molar-refractivity contribution in [1.29, 1.82) is 5.26 Å². The number of aliphatic hydroxyl groups is 1. The van der Waals surface area contributed by atoms with Gasteiger partial charge in [-0.15, -0.1) is 0 Å². The molecule has 0 amide bonds. The quantitative estimate of drug-likeness (QED) is 0.797. The Bertz CT molecular complexity index is 451. The number of ether oxygens (including phenoxy) is 1. The molecule has 0 heterocycles. The molecule has 1 aliphatic carbocycles. The number of rotatable bonds is 6. The summed E-state index contributed by atoms with van der Waals surface area (Å²) in [7, 11) is 1.79. The van der Waals surface area contributed by atoms with Crippen molar-refractivity contribution in [2.24, 2.45) is 5.92 Å². The summed E-state index contributed by atoms with van der Waals surface area (Å²) in [5, 5.41) is 21.7. The summed E-state index contributed by atoms with van der Waals surface area (Å²) in [6, 6.07) is 9.69. The highest BCUT2D eigenvalue weighted by atomic mass is 16.5. The number of aliphatic hydroxyl groups excluding tert-OH is 1. The number of nitrogens with one attached hydrogen (secondary N) is 1. The van der Waals surface area contributed by atoms with Gasteiger partial charge in [-0.2, -0.15) is 5.26 Å². The average Bonchev–Trinajstić information content (AvgIpc) is 3.26. The van der Waals surface area contributed by atoms with Gasteiger partial charge in [-0.05, 0) is 31.9 Å². The predicted molar refractivity (Wildman–Crippen MR) is 68.0 cm³/mol. The molecule has 0 radical (unpaired) electrons. The number of hydrogen-bond donors (Lipinski definition) is 2. The first-order chi connectivity index (χ1) is 8.75. The van der Waals surface area contributed by atoms with Crippen molar-refractivity contribution in [3.63, 3.8) is 0 Å². The largest absolute Gasteiger partial charge is 0.490 e. The van der Waals surface area contributed by atoms with E-state index in [4.69, 9.17) is 4.74 Å². The second-order valence-electron chi connectivity index (χ2n) is 4.66. The zero-order valence-electron chi connectivity index (χ0n) is 10.5. The topological polar surface area (TPSA) is 65.3 Å². The van der Waals surface area contributed by atoms with Crippen LogP contribution >= 0.6 is 0 Å². The van der Waals surface area contributed by atoms with Crippen molar-refractivity contribution in [3.05, 3.63) is 29.8 Å². The Hall–Kier alpha value is -1.57. The third-order valence-electron chi connectivity index (χ3n) is 3.52. The summed E-state index contributed by atoms with van der Waals surface area (Å²) >= 11 is 0. The van der Waals surface area contributed by atoms with Crippen molar-refractivity contribution in [2.75, 3.05) is 13.7 Å². The maximum Gasteiger partial charge on any atom is 0.143 e. The van der Waals surface area contributed by atoms with E-state index in [1.165, 1.54) is 0 Å². The second kappa shape index (κ2) is 5.38. The number of nitrogens with zero attached hydrogens (tertiary/aromatic N) is 1. The summed E-state index contributed by atoms with van der Waals surface area (Å²) in [4.78, 5) is 0. The van der Waals surface area contributed by atoms with Gasteiger partial charge >= 0.3 is 0 Å². The van der Waals surface area contributed by atoms with Crippen LogP contribution in [-0.4, -0.2) is 24.3 Å². The van der Waals surface area contributed by atoms with Crippen LogP contribution in [0.25, 0.3) is 0 Å². The minimum absolute atomic E-state index is 0.0568. The molecule has 0 spiro atoms. The Kier molecular flexibility index (Phi) is 3.85. The van der Waals surface area contributed by atoms with Crippen LogP contribution in [0.15, 0.2) is 24.3 Å². The minimum Gasteiger partial charge on any atom is -0.490 e. The van der Waals surface area contributed by atoms with Crippen molar-refractivity contribution < 1.29 is 9.84 Å². The Balaban J connectivity index is 2.08. The van der Waals surface area contributed by atoms with Crippen molar-refractivity contribution in [3.8, 4) is 11.8 Å². The number of hydrogen-bond acceptors (Lipinski definition) is 4. The molecule has 0 aromatic heterocycles. The summed E-state index contributed by atoms with van der Waals surface area (Å²) in [6.07, 6.45) is 2.14. The van der Waals surface area contributed by atoms with Crippen LogP contribution in [0.4, 0.5) is 0 Å². The van der Waals surface area contributed by atoms with Crippen LogP contribution in [0.1, 0.15) is 18.4 Å². The molecular formula is C14H18N2O2. The molecule has 1 atom stereocenters. The van der Waals surface area contributed by atoms with Gasteiger partial charge in [0.2, 0.25) is 0 Å². The Labute approximate surface area is 107 Å². The maximum atomic E-state index is 9.35. The van der Waals surface area contributed by atoms with Gasteiger partial charge in [0.05, 0.1) is 12.7 Å². The minimum atomic E-state index is -0.609. The number of benzene rings is 1. The van der Waals surface area contributed by atoms with Gasteiger partial charge in [0.25, 0.3) is 0 Å². The highest BCUT2D eigenvalue weighted by Crippen LogP contribution is 2.39. The zero-order valence-corrected chi connectivity index (χ0v) is 10.5. The molecule has 2 N–H and O–H groups in total. The number of likely N-dealkylation sites (N-methyl/N-ethyl adjacent to an activating group) is 1. The Morgan fingerprint density at radius 3 is 2.78 bits per heavy atom. The lowest BCUT2D eigenvalue weighted by Crippen LogP contribution is -2.49. The first kappa shape index (κ1) is 12.9. The van der Waals surface area contributed by atoms with E-state index in [2.05, 4.69) is 11.4 Å². The van der Waals surface area contributed by atoms with Gasteiger partial charge in [-0.1, -0.05) is 18.2 Å². The van der Waals surface area contributed by atoms with E-state index >= 15 is 0 Å². The Morgan fingerprint density at radius 2 is 2.22 bits per heavy atom. The van der Waals surface area contributed by atoms with E-state index < -0.39 is 5.54 Å². The maximum absolute atomic E-state index is 9.35. The molecule has 18 heavy (non-hydrogen) atoms. The van der Waals surface area contributed by atoms with Gasteiger partial charge in [-0.3, -0.25) is 5.32 Å². The highest BCUT2D eigenvalue weighted by molar-refractivity contribution is 5.33. The monoisotopic (exact) mass is 246 g/mol. The van der Waals surface area contributed by atoms with Crippen LogP contribution < -0.4 is 10.1 Å². The first-order valence-electron chi connectivity index (χ1n) is 6.17. The molecule has 1 aliphatic rings. The van der Waals surface area contributed by atoms with E-state index in [0.29, 0.717) is 18.3 Å². The lowest BCUT2D eigenvalue weighted by molar-refractivity contribution is 0.202. The van der Waals surface area contributed by atoms with Crippen LogP contribution in [-0.2, 0) is 6.61 Å². The van der Waals surface area contributed by atoms with Gasteiger partial charge in [0.15, 0.2) is 0 Å². The third-order valence-corrected chi connectivity index (χ3v) is 3.52. The summed E-state index contributed by atoms with van der Waals surface area (Å²) in [5.74, 6) is 1.02. The van der Waals surface area contributed by atoms with Crippen LogP contribution in [0, 0.1) is 17.2 Å². The summed E-state index contributed by atoms with van der Waals surface area (Å²) in [6.45, 7) is 0.250. The molecular weight excluding hydrogens is 228 g/mol. The molecule has 0 aliphatic heterocycles. The smallest absolute Gasteiger partial charge is 0.143 e. The lowest BCUT2D eigenvalue weighted by Gasteiger charge is -2.26. The van der Waals surface area contributed by atoms with Gasteiger partial charge < -0.3 is 9.84 Å². The van der Waals surface area contributed by atoms with Crippen LogP contribution in [0.3, 0.4) is 0 Å². The Morgan fingerprint density at radius 1 is 1.50 bits per heavy atom. The molecule has 1 saturated carbocycles. The van der Waals surface area contributed by atoms with E-state index in [-0.39, 0.29) is 6.61 Å². The van der Waals surface area contributed by atoms with E-state index in [0.717, 1.165) is 18.4 Å². The predicted octanol–water partition coefficient (Wildman–Crippen LogP) is 1.45. The molecule has 4 heteroatoms. The SMILES string of the molecule is CNC(C#N)(COc1ccccc1CO)C1CC1. The van der Waals surface area contributed by atoms with E-state index in [1.54, 1.807) is 7.05 Å². The number of para-hydroxylation sites is 1. The molecule has 1 aromatic rings. The summed E-state index contributed by atoms with van der Waals surface area (Å²) in [5.41, 5.74) is 0.138. The fourth-order valence-corrected chi connectivity index (χ4v) is 2.12. The van der Waals surface area contributed by atoms with E-state index in [1.807, 2.05) is 24.3 Å². The molecule has 96 valence electrons. The van der Waals surface area contributed by atoms with Crippen LogP contribution in [0.5, 0.6) is 5.75 Å². The average molecular weight is 246 g/mol. The standard InChI is InChI=1S/C14H18N2O2/c1-16-14(9-15,12-6-7-12)10-18-13-5-3-2-4-11(13)8-17/h2-5,12,16-17H,6-8,10H2,1H3. The lowest BCUT2D eigenvalue weighted by atomic mass is 9.96. The molecule has 1 unspecified atom stereocenters. The zero-order chi connectivity index (χ0) is 13.0. The van der Waals surface area contributed by atoms with Crippen LogP contribution in [0.2, 0.25) is 0 Å². The fourth-order valence-electron chi connectivity index (χ4n) is 2.12. The van der Waals surface area contributed by atoms with Gasteiger partial charge in [0, 0.05) is 5.56 Å². The fraction of sp³-hybridized carbons (Fsp3) is 0.500. The van der Waals surface area contributed by atoms with E-state index in [9.17, 15) is 10.4 Å². The first-order valence-corrected chi connectivity index (χ1v) is 6.17.